The first-order valence-electron chi connectivity index (χ1n) is 9.31. The average Bonchev–Trinajstić information content (AvgIpc) is 2.64. The van der Waals surface area contributed by atoms with Crippen molar-refractivity contribution in [3.05, 3.63) is 29.3 Å². The van der Waals surface area contributed by atoms with Gasteiger partial charge in [0.25, 0.3) is 5.91 Å². The smallest absolute Gasteiger partial charge is 0.308 e. The lowest BCUT2D eigenvalue weighted by Crippen LogP contribution is -2.60. The van der Waals surface area contributed by atoms with E-state index >= 15 is 0 Å². The third-order valence-corrected chi connectivity index (χ3v) is 4.49. The molecule has 27 heavy (non-hydrogen) atoms. The second-order valence-electron chi connectivity index (χ2n) is 6.74. The number of para-hydroxylation sites is 1. The minimum absolute atomic E-state index is 0.159. The highest BCUT2D eigenvalue weighted by molar-refractivity contribution is 5.93. The Kier molecular flexibility index (Phi) is 7.21. The number of hydrogen-bond acceptors (Lipinski definition) is 5. The fraction of sp³-hybridized carbons (Fsp3) is 0.550. The maximum atomic E-state index is 12.9. The summed E-state index contributed by atoms with van der Waals surface area (Å²) in [4.78, 5) is 38.6. The highest BCUT2D eigenvalue weighted by Crippen LogP contribution is 2.24. The van der Waals surface area contributed by atoms with E-state index in [4.69, 9.17) is 9.47 Å². The summed E-state index contributed by atoms with van der Waals surface area (Å²) < 4.78 is 11.0. The summed E-state index contributed by atoms with van der Waals surface area (Å²) in [6.07, 6.45) is -0.232. The molecule has 0 saturated carbocycles. The number of piperazine rings is 1. The monoisotopic (exact) mass is 376 g/mol. The molecule has 1 fully saturated rings. The molecule has 0 aliphatic carbocycles. The van der Waals surface area contributed by atoms with Gasteiger partial charge in [-0.3, -0.25) is 14.4 Å². The van der Waals surface area contributed by atoms with E-state index in [1.165, 1.54) is 4.90 Å². The lowest BCUT2D eigenvalue weighted by molar-refractivity contribution is -0.154. The van der Waals surface area contributed by atoms with Crippen LogP contribution >= 0.6 is 0 Å². The molecule has 0 aromatic heterocycles. The number of amides is 2. The Morgan fingerprint density at radius 1 is 1.30 bits per heavy atom. The van der Waals surface area contributed by atoms with Crippen molar-refractivity contribution in [3.63, 3.8) is 0 Å². The van der Waals surface area contributed by atoms with Gasteiger partial charge in [0.15, 0.2) is 6.10 Å². The van der Waals surface area contributed by atoms with E-state index in [0.29, 0.717) is 31.9 Å². The van der Waals surface area contributed by atoms with Gasteiger partial charge >= 0.3 is 5.97 Å². The van der Waals surface area contributed by atoms with Gasteiger partial charge < -0.3 is 19.7 Å². The van der Waals surface area contributed by atoms with Crippen molar-refractivity contribution in [3.8, 4) is 5.75 Å². The summed E-state index contributed by atoms with van der Waals surface area (Å²) in [5, 5.41) is 2.70. The van der Waals surface area contributed by atoms with Crippen LogP contribution in [0.3, 0.4) is 0 Å². The Morgan fingerprint density at radius 2 is 1.96 bits per heavy atom. The Balaban J connectivity index is 2.11. The number of esters is 1. The molecule has 2 amide bonds. The van der Waals surface area contributed by atoms with Crippen molar-refractivity contribution >= 4 is 17.8 Å². The lowest BCUT2D eigenvalue weighted by Gasteiger charge is -2.36. The SMILES string of the molecule is CCCOC(=O)CC1C(=O)NCCN1C(=O)C(C)Oc1c(C)cccc1C. The average molecular weight is 376 g/mol. The zero-order valence-electron chi connectivity index (χ0n) is 16.4. The molecule has 2 atom stereocenters. The number of ether oxygens (including phenoxy) is 2. The van der Waals surface area contributed by atoms with Gasteiger partial charge in [0.05, 0.1) is 13.0 Å². The van der Waals surface area contributed by atoms with Gasteiger partial charge in [-0.2, -0.15) is 0 Å². The van der Waals surface area contributed by atoms with Crippen molar-refractivity contribution in [2.45, 2.75) is 52.7 Å². The molecule has 2 unspecified atom stereocenters. The molecule has 1 aromatic rings. The first-order chi connectivity index (χ1) is 12.8. The molecule has 0 radical (unpaired) electrons. The first-order valence-corrected chi connectivity index (χ1v) is 9.31. The van der Waals surface area contributed by atoms with Gasteiger partial charge in [0, 0.05) is 13.1 Å². The summed E-state index contributed by atoms with van der Waals surface area (Å²) in [5.74, 6) is -0.484. The maximum Gasteiger partial charge on any atom is 0.308 e. The molecular weight excluding hydrogens is 348 g/mol. The molecule has 148 valence electrons. The third kappa shape index (κ3) is 5.21. The maximum absolute atomic E-state index is 12.9. The van der Waals surface area contributed by atoms with E-state index in [1.807, 2.05) is 39.0 Å². The van der Waals surface area contributed by atoms with Crippen LogP contribution in [0.15, 0.2) is 18.2 Å². The molecule has 1 saturated heterocycles. The van der Waals surface area contributed by atoms with E-state index in [2.05, 4.69) is 5.32 Å². The molecule has 0 spiro atoms. The molecular formula is C20H28N2O5. The van der Waals surface area contributed by atoms with Gasteiger partial charge in [0.1, 0.15) is 11.8 Å². The van der Waals surface area contributed by atoms with E-state index in [-0.39, 0.29) is 18.2 Å². The van der Waals surface area contributed by atoms with Crippen LogP contribution in [0.5, 0.6) is 5.75 Å². The van der Waals surface area contributed by atoms with Crippen molar-refractivity contribution in [2.24, 2.45) is 0 Å². The van der Waals surface area contributed by atoms with Crippen LogP contribution in [0.1, 0.15) is 37.8 Å². The summed E-state index contributed by atoms with van der Waals surface area (Å²) >= 11 is 0. The summed E-state index contributed by atoms with van der Waals surface area (Å²) in [7, 11) is 0. The number of nitrogens with zero attached hydrogens (tertiary/aromatic N) is 1. The standard InChI is InChI=1S/C20H28N2O5/c1-5-11-26-17(23)12-16-19(24)21-9-10-22(16)20(25)15(4)27-18-13(2)7-6-8-14(18)3/h6-8,15-16H,5,9-12H2,1-4H3,(H,21,24). The van der Waals surface area contributed by atoms with Crippen molar-refractivity contribution < 1.29 is 23.9 Å². The van der Waals surface area contributed by atoms with Crippen LogP contribution in [0.2, 0.25) is 0 Å². The molecule has 2 rings (SSSR count). The van der Waals surface area contributed by atoms with E-state index in [1.54, 1.807) is 6.92 Å². The molecule has 1 aliphatic heterocycles. The highest BCUT2D eigenvalue weighted by atomic mass is 16.5. The minimum atomic E-state index is -0.875. The summed E-state index contributed by atoms with van der Waals surface area (Å²) in [5.41, 5.74) is 1.87. The van der Waals surface area contributed by atoms with Crippen molar-refractivity contribution in [2.75, 3.05) is 19.7 Å². The van der Waals surface area contributed by atoms with E-state index in [9.17, 15) is 14.4 Å². The predicted molar refractivity (Wildman–Crippen MR) is 100 cm³/mol. The quantitative estimate of drug-likeness (QED) is 0.733. The van der Waals surface area contributed by atoms with Crippen LogP contribution in [0, 0.1) is 13.8 Å². The zero-order chi connectivity index (χ0) is 20.0. The Morgan fingerprint density at radius 3 is 2.59 bits per heavy atom. The van der Waals surface area contributed by atoms with Crippen molar-refractivity contribution in [1.29, 1.82) is 0 Å². The molecule has 1 heterocycles. The second-order valence-corrected chi connectivity index (χ2v) is 6.74. The van der Waals surface area contributed by atoms with Gasteiger partial charge in [-0.05, 0) is 38.3 Å². The Hall–Kier alpha value is -2.57. The van der Waals surface area contributed by atoms with Crippen LogP contribution in [-0.4, -0.2) is 54.5 Å². The zero-order valence-corrected chi connectivity index (χ0v) is 16.4. The molecule has 1 N–H and O–H groups in total. The summed E-state index contributed by atoms with van der Waals surface area (Å²) in [6, 6.07) is 4.89. The normalized spacial score (nSPS) is 17.9. The largest absolute Gasteiger partial charge is 0.480 e. The lowest BCUT2D eigenvalue weighted by atomic mass is 10.1. The van der Waals surface area contributed by atoms with E-state index in [0.717, 1.165) is 11.1 Å². The molecule has 1 aliphatic rings. The number of rotatable bonds is 7. The van der Waals surface area contributed by atoms with Gasteiger partial charge in [-0.15, -0.1) is 0 Å². The number of hydrogen-bond donors (Lipinski definition) is 1. The first kappa shape index (κ1) is 20.7. The van der Waals surface area contributed by atoms with Crippen LogP contribution in [0.4, 0.5) is 0 Å². The Labute approximate surface area is 160 Å². The van der Waals surface area contributed by atoms with Crippen LogP contribution < -0.4 is 10.1 Å². The van der Waals surface area contributed by atoms with Crippen molar-refractivity contribution in [1.82, 2.24) is 10.2 Å². The minimum Gasteiger partial charge on any atom is -0.480 e. The number of carbonyl (C=O) groups excluding carboxylic acids is 3. The van der Waals surface area contributed by atoms with Gasteiger partial charge in [0.2, 0.25) is 5.91 Å². The Bertz CT molecular complexity index is 683. The van der Waals surface area contributed by atoms with Gasteiger partial charge in [-0.1, -0.05) is 25.1 Å². The molecule has 0 bridgehead atoms. The highest BCUT2D eigenvalue weighted by Gasteiger charge is 2.37. The topological polar surface area (TPSA) is 84.9 Å². The summed E-state index contributed by atoms with van der Waals surface area (Å²) in [6.45, 7) is 8.36. The molecule has 1 aromatic carbocycles. The van der Waals surface area contributed by atoms with Crippen LogP contribution in [0.25, 0.3) is 0 Å². The molecule has 7 nitrogen and oxygen atoms in total. The number of benzene rings is 1. The van der Waals surface area contributed by atoms with Gasteiger partial charge in [-0.25, -0.2) is 0 Å². The number of nitrogens with one attached hydrogen (secondary N) is 1. The molecule has 7 heteroatoms. The number of aryl methyl sites for hydroxylation is 2. The van der Waals surface area contributed by atoms with E-state index < -0.39 is 18.1 Å². The van der Waals surface area contributed by atoms with Crippen LogP contribution in [-0.2, 0) is 19.1 Å². The predicted octanol–water partition coefficient (Wildman–Crippen LogP) is 1.74. The number of carbonyl (C=O) groups is 3. The second kappa shape index (κ2) is 9.39. The third-order valence-electron chi connectivity index (χ3n) is 4.49. The fourth-order valence-corrected chi connectivity index (χ4v) is 3.06. The fourth-order valence-electron chi connectivity index (χ4n) is 3.06.